The largest absolute Gasteiger partial charge is 0.465 e. The van der Waals surface area contributed by atoms with Gasteiger partial charge in [0, 0.05) is 36.8 Å². The first kappa shape index (κ1) is 21.5. The standard InChI is InChI=1S/C23H24N2O7/c1-14-18(23(28)29-2)12-17(32-14)4-6-21(26)25-9-7-15(8-10-25)22(27)24-16-3-5-19-20(11-16)31-13-30-19/h3-6,11-12,15H,7-10,13H2,1-2H3,(H,24,27)/b6-4+. The van der Waals surface area contributed by atoms with E-state index in [1.54, 1.807) is 30.0 Å². The Morgan fingerprint density at radius 3 is 2.62 bits per heavy atom. The van der Waals surface area contributed by atoms with Crippen molar-refractivity contribution in [2.45, 2.75) is 19.8 Å². The number of ether oxygens (including phenoxy) is 3. The van der Waals surface area contributed by atoms with Gasteiger partial charge in [-0.1, -0.05) is 0 Å². The van der Waals surface area contributed by atoms with Crippen LogP contribution in [0.25, 0.3) is 6.08 Å². The summed E-state index contributed by atoms with van der Waals surface area (Å²) in [5.74, 6) is 1.19. The number of amides is 2. The van der Waals surface area contributed by atoms with Crippen molar-refractivity contribution in [3.05, 3.63) is 47.4 Å². The van der Waals surface area contributed by atoms with E-state index in [1.807, 2.05) is 0 Å². The number of carbonyl (C=O) groups is 3. The van der Waals surface area contributed by atoms with Gasteiger partial charge < -0.3 is 28.8 Å². The highest BCUT2D eigenvalue weighted by Gasteiger charge is 2.27. The molecule has 2 amide bonds. The number of esters is 1. The zero-order valence-corrected chi connectivity index (χ0v) is 17.9. The van der Waals surface area contributed by atoms with Gasteiger partial charge in [0.2, 0.25) is 18.6 Å². The Morgan fingerprint density at radius 1 is 1.12 bits per heavy atom. The van der Waals surface area contributed by atoms with Crippen molar-refractivity contribution in [3.63, 3.8) is 0 Å². The van der Waals surface area contributed by atoms with Crippen molar-refractivity contribution in [2.24, 2.45) is 5.92 Å². The van der Waals surface area contributed by atoms with Gasteiger partial charge in [-0.05, 0) is 44.0 Å². The number of methoxy groups -OCH3 is 1. The second kappa shape index (κ2) is 9.17. The van der Waals surface area contributed by atoms with E-state index in [0.29, 0.717) is 60.2 Å². The summed E-state index contributed by atoms with van der Waals surface area (Å²) in [6, 6.07) is 6.82. The summed E-state index contributed by atoms with van der Waals surface area (Å²) in [6.07, 6.45) is 4.08. The number of rotatable bonds is 5. The molecular weight excluding hydrogens is 416 g/mol. The molecule has 0 aliphatic carbocycles. The molecule has 1 aromatic heterocycles. The zero-order valence-electron chi connectivity index (χ0n) is 17.9. The van der Waals surface area contributed by atoms with Gasteiger partial charge in [-0.2, -0.15) is 0 Å². The Morgan fingerprint density at radius 2 is 1.88 bits per heavy atom. The van der Waals surface area contributed by atoms with Crippen molar-refractivity contribution in [1.82, 2.24) is 4.90 Å². The van der Waals surface area contributed by atoms with E-state index in [9.17, 15) is 14.4 Å². The molecule has 1 fully saturated rings. The third-order valence-electron chi connectivity index (χ3n) is 5.55. The lowest BCUT2D eigenvalue weighted by Gasteiger charge is -2.30. The molecular formula is C23H24N2O7. The maximum absolute atomic E-state index is 12.6. The molecule has 1 aromatic carbocycles. The lowest BCUT2D eigenvalue weighted by atomic mass is 9.95. The predicted octanol–water partition coefficient (Wildman–Crippen LogP) is 2.99. The number of hydrogen-bond acceptors (Lipinski definition) is 7. The number of piperidine rings is 1. The van der Waals surface area contributed by atoms with E-state index in [4.69, 9.17) is 18.6 Å². The van der Waals surface area contributed by atoms with Crippen LogP contribution >= 0.6 is 0 Å². The van der Waals surface area contributed by atoms with E-state index >= 15 is 0 Å². The number of hydrogen-bond donors (Lipinski definition) is 1. The zero-order chi connectivity index (χ0) is 22.7. The highest BCUT2D eigenvalue weighted by molar-refractivity contribution is 5.95. The molecule has 0 spiro atoms. The van der Waals surface area contributed by atoms with Gasteiger partial charge in [0.05, 0.1) is 7.11 Å². The predicted molar refractivity (Wildman–Crippen MR) is 114 cm³/mol. The van der Waals surface area contributed by atoms with Crippen LogP contribution in [0, 0.1) is 12.8 Å². The molecule has 0 bridgehead atoms. The maximum Gasteiger partial charge on any atom is 0.341 e. The Labute approximate surface area is 184 Å². The lowest BCUT2D eigenvalue weighted by molar-refractivity contribution is -0.130. The van der Waals surface area contributed by atoms with Crippen molar-refractivity contribution in [1.29, 1.82) is 0 Å². The Bertz CT molecular complexity index is 1060. The average molecular weight is 440 g/mol. The monoisotopic (exact) mass is 440 g/mol. The van der Waals surface area contributed by atoms with E-state index < -0.39 is 5.97 Å². The van der Waals surface area contributed by atoms with Crippen LogP contribution < -0.4 is 14.8 Å². The molecule has 0 unspecified atom stereocenters. The molecule has 4 rings (SSSR count). The number of nitrogens with zero attached hydrogens (tertiary/aromatic N) is 1. The van der Waals surface area contributed by atoms with Crippen molar-refractivity contribution in [2.75, 3.05) is 32.3 Å². The fraction of sp³-hybridized carbons (Fsp3) is 0.348. The molecule has 2 aliphatic rings. The first-order chi connectivity index (χ1) is 15.4. The summed E-state index contributed by atoms with van der Waals surface area (Å²) >= 11 is 0. The first-order valence-corrected chi connectivity index (χ1v) is 10.3. The fourth-order valence-electron chi connectivity index (χ4n) is 3.74. The minimum absolute atomic E-state index is 0.0760. The molecule has 3 heterocycles. The summed E-state index contributed by atoms with van der Waals surface area (Å²) in [4.78, 5) is 38.5. The lowest BCUT2D eigenvalue weighted by Crippen LogP contribution is -2.40. The Hall–Kier alpha value is -3.75. The molecule has 0 atom stereocenters. The number of likely N-dealkylation sites (tertiary alicyclic amines) is 1. The van der Waals surface area contributed by atoms with Gasteiger partial charge in [-0.15, -0.1) is 0 Å². The highest BCUT2D eigenvalue weighted by Crippen LogP contribution is 2.34. The van der Waals surface area contributed by atoms with Crippen LogP contribution in [-0.2, 0) is 14.3 Å². The fourth-order valence-corrected chi connectivity index (χ4v) is 3.74. The Kier molecular flexibility index (Phi) is 6.16. The molecule has 0 saturated carbocycles. The number of fused-ring (bicyclic) bond motifs is 1. The Balaban J connectivity index is 1.28. The maximum atomic E-state index is 12.6. The van der Waals surface area contributed by atoms with E-state index in [1.165, 1.54) is 25.3 Å². The van der Waals surface area contributed by atoms with Gasteiger partial charge >= 0.3 is 5.97 Å². The summed E-state index contributed by atoms with van der Waals surface area (Å²) in [6.45, 7) is 2.80. The van der Waals surface area contributed by atoms with Gasteiger partial charge in [0.1, 0.15) is 17.1 Å². The molecule has 1 saturated heterocycles. The summed E-state index contributed by atoms with van der Waals surface area (Å²) in [7, 11) is 1.30. The number of anilines is 1. The third kappa shape index (κ3) is 4.61. The molecule has 9 heteroatoms. The molecule has 0 radical (unpaired) electrons. The topological polar surface area (TPSA) is 107 Å². The van der Waals surface area contributed by atoms with Crippen LogP contribution in [0.3, 0.4) is 0 Å². The minimum Gasteiger partial charge on any atom is -0.465 e. The molecule has 2 aromatic rings. The summed E-state index contributed by atoms with van der Waals surface area (Å²) in [5.41, 5.74) is 0.981. The van der Waals surface area contributed by atoms with Crippen LogP contribution in [0.4, 0.5) is 5.69 Å². The van der Waals surface area contributed by atoms with Crippen LogP contribution in [0.2, 0.25) is 0 Å². The second-order valence-electron chi connectivity index (χ2n) is 7.60. The van der Waals surface area contributed by atoms with E-state index in [0.717, 1.165) is 0 Å². The van der Waals surface area contributed by atoms with Gasteiger partial charge in [0.15, 0.2) is 11.5 Å². The van der Waals surface area contributed by atoms with Gasteiger partial charge in [-0.25, -0.2) is 4.79 Å². The summed E-state index contributed by atoms with van der Waals surface area (Å²) < 4.78 is 20.8. The smallest absolute Gasteiger partial charge is 0.341 e. The van der Waals surface area contributed by atoms with Crippen molar-refractivity contribution >= 4 is 29.5 Å². The van der Waals surface area contributed by atoms with Gasteiger partial charge in [-0.3, -0.25) is 9.59 Å². The molecule has 1 N–H and O–H groups in total. The van der Waals surface area contributed by atoms with E-state index in [2.05, 4.69) is 5.32 Å². The number of furan rings is 1. The second-order valence-corrected chi connectivity index (χ2v) is 7.60. The van der Waals surface area contributed by atoms with Crippen molar-refractivity contribution < 1.29 is 33.0 Å². The molecule has 168 valence electrons. The number of nitrogens with one attached hydrogen (secondary N) is 1. The number of carbonyl (C=O) groups excluding carboxylic acids is 3. The van der Waals surface area contributed by atoms with Crippen LogP contribution in [-0.4, -0.2) is 49.7 Å². The highest BCUT2D eigenvalue weighted by atomic mass is 16.7. The van der Waals surface area contributed by atoms with Crippen molar-refractivity contribution in [3.8, 4) is 11.5 Å². The van der Waals surface area contributed by atoms with Crippen LogP contribution in [0.15, 0.2) is 34.8 Å². The molecule has 9 nitrogen and oxygen atoms in total. The van der Waals surface area contributed by atoms with Gasteiger partial charge in [0.25, 0.3) is 0 Å². The third-order valence-corrected chi connectivity index (χ3v) is 5.55. The average Bonchev–Trinajstić information content (AvgIpc) is 3.42. The van der Waals surface area contributed by atoms with E-state index in [-0.39, 0.29) is 24.5 Å². The quantitative estimate of drug-likeness (QED) is 0.563. The van der Waals surface area contributed by atoms with Crippen LogP contribution in [0.5, 0.6) is 11.5 Å². The molecule has 32 heavy (non-hydrogen) atoms. The van der Waals surface area contributed by atoms with Crippen LogP contribution in [0.1, 0.15) is 34.7 Å². The SMILES string of the molecule is COC(=O)c1cc(/C=C/C(=O)N2CCC(C(=O)Nc3ccc4c(c3)OCO4)CC2)oc1C. The number of benzene rings is 1. The first-order valence-electron chi connectivity index (χ1n) is 10.3. The summed E-state index contributed by atoms with van der Waals surface area (Å²) in [5, 5.41) is 2.91. The minimum atomic E-state index is -0.488. The normalized spacial score (nSPS) is 15.8. The molecule has 2 aliphatic heterocycles. The number of aryl methyl sites for hydroxylation is 1.